The molecule has 0 unspecified atom stereocenters. The Morgan fingerprint density at radius 3 is 1.58 bits per heavy atom. The molecule has 0 radical (unpaired) electrons. The third kappa shape index (κ3) is 4.21. The van der Waals surface area contributed by atoms with Crippen LogP contribution in [0.5, 0.6) is 0 Å². The van der Waals surface area contributed by atoms with Crippen molar-refractivity contribution in [1.29, 1.82) is 0 Å². The lowest BCUT2D eigenvalue weighted by molar-refractivity contribution is 0.662. The van der Waals surface area contributed by atoms with Crippen molar-refractivity contribution in [2.45, 2.75) is 19.3 Å². The first kappa shape index (κ1) is 29.7. The molecule has 0 aliphatic heterocycles. The number of rotatable bonds is 3. The van der Waals surface area contributed by atoms with Crippen LogP contribution >= 0.6 is 11.3 Å². The van der Waals surface area contributed by atoms with Gasteiger partial charge in [0.2, 0.25) is 0 Å². The van der Waals surface area contributed by atoms with Crippen LogP contribution in [-0.2, 0) is 5.41 Å². The van der Waals surface area contributed by atoms with Crippen LogP contribution in [0.15, 0.2) is 170 Å². The first-order valence-electron chi connectivity index (χ1n) is 18.2. The first-order valence-corrected chi connectivity index (χ1v) is 19.0. The van der Waals surface area contributed by atoms with Gasteiger partial charge in [0.05, 0.1) is 0 Å². The van der Waals surface area contributed by atoms with Gasteiger partial charge < -0.3 is 0 Å². The van der Waals surface area contributed by atoms with Gasteiger partial charge >= 0.3 is 0 Å². The highest BCUT2D eigenvalue weighted by atomic mass is 32.1. The highest BCUT2D eigenvalue weighted by molar-refractivity contribution is 7.25. The van der Waals surface area contributed by atoms with E-state index in [-0.39, 0.29) is 5.41 Å². The Morgan fingerprint density at radius 1 is 0.346 bits per heavy atom. The van der Waals surface area contributed by atoms with Crippen molar-refractivity contribution in [3.63, 3.8) is 0 Å². The lowest BCUT2D eigenvalue weighted by Crippen LogP contribution is -2.14. The molecule has 1 heterocycles. The molecule has 10 aromatic rings. The van der Waals surface area contributed by atoms with Crippen LogP contribution < -0.4 is 0 Å². The summed E-state index contributed by atoms with van der Waals surface area (Å²) in [6.45, 7) is 4.78. The summed E-state index contributed by atoms with van der Waals surface area (Å²) < 4.78 is 2.69. The molecule has 1 heteroatoms. The second-order valence-corrected chi connectivity index (χ2v) is 15.9. The van der Waals surface area contributed by atoms with Crippen molar-refractivity contribution in [1.82, 2.24) is 0 Å². The van der Waals surface area contributed by atoms with Crippen LogP contribution in [0.2, 0.25) is 0 Å². The number of fused-ring (bicyclic) bond motifs is 10. The van der Waals surface area contributed by atoms with Crippen molar-refractivity contribution in [2.24, 2.45) is 0 Å². The van der Waals surface area contributed by atoms with Gasteiger partial charge in [-0.3, -0.25) is 0 Å². The summed E-state index contributed by atoms with van der Waals surface area (Å²) in [6, 6.07) is 63.4. The maximum atomic E-state index is 2.50. The fraction of sp³-hybridized carbons (Fsp3) is 0.0588. The Kier molecular flexibility index (Phi) is 6.27. The van der Waals surface area contributed by atoms with E-state index in [4.69, 9.17) is 0 Å². The van der Waals surface area contributed by atoms with Crippen LogP contribution in [0.4, 0.5) is 0 Å². The minimum atomic E-state index is -0.0570. The molecule has 0 N–H and O–H groups in total. The zero-order valence-corrected chi connectivity index (χ0v) is 29.9. The summed E-state index contributed by atoms with van der Waals surface area (Å²) in [6.07, 6.45) is 0. The van der Waals surface area contributed by atoms with Gasteiger partial charge in [0, 0.05) is 25.6 Å². The standard InChI is InChI=1S/C51H34S/c1-51(2)44-27-25-33-14-6-7-15-36(33)50(44)43-30-47-42(29-45(43)51)37-26-24-35(28-46(37)52-47)49-40-18-10-8-16-38(40)48(39-17-9-11-19-41(39)49)34-22-20-32(21-23-34)31-12-4-3-5-13-31/h3-30H,1-2H3. The molecule has 1 aliphatic carbocycles. The molecule has 0 atom stereocenters. The molecule has 1 aliphatic rings. The Balaban J connectivity index is 1.10. The molecule has 0 spiro atoms. The molecule has 0 fully saturated rings. The minimum absolute atomic E-state index is 0.0570. The van der Waals surface area contributed by atoms with Gasteiger partial charge in [0.25, 0.3) is 0 Å². The van der Waals surface area contributed by atoms with Gasteiger partial charge in [0.15, 0.2) is 0 Å². The van der Waals surface area contributed by atoms with E-state index in [2.05, 4.69) is 184 Å². The predicted octanol–water partition coefficient (Wildman–Crippen LogP) is 14.8. The average molecular weight is 679 g/mol. The summed E-state index contributed by atoms with van der Waals surface area (Å²) in [7, 11) is 0. The highest BCUT2D eigenvalue weighted by Crippen LogP contribution is 2.54. The maximum Gasteiger partial charge on any atom is 0.0361 e. The third-order valence-electron chi connectivity index (χ3n) is 11.7. The van der Waals surface area contributed by atoms with Gasteiger partial charge in [-0.05, 0) is 106 Å². The monoisotopic (exact) mass is 678 g/mol. The molecule has 52 heavy (non-hydrogen) atoms. The Morgan fingerprint density at radius 2 is 0.885 bits per heavy atom. The normalized spacial score (nSPS) is 13.3. The largest absolute Gasteiger partial charge is 0.135 e. The van der Waals surface area contributed by atoms with Gasteiger partial charge in [-0.25, -0.2) is 0 Å². The fourth-order valence-corrected chi connectivity index (χ4v) is 10.3. The Labute approximate surface area is 307 Å². The van der Waals surface area contributed by atoms with E-state index >= 15 is 0 Å². The van der Waals surface area contributed by atoms with Gasteiger partial charge in [-0.15, -0.1) is 11.3 Å². The molecule has 0 amide bonds. The van der Waals surface area contributed by atoms with Crippen LogP contribution in [0.3, 0.4) is 0 Å². The molecular formula is C51H34S. The summed E-state index contributed by atoms with van der Waals surface area (Å²) in [4.78, 5) is 0. The van der Waals surface area contributed by atoms with E-state index in [1.807, 2.05) is 11.3 Å². The molecule has 0 nitrogen and oxygen atoms in total. The van der Waals surface area contributed by atoms with Crippen molar-refractivity contribution in [3.8, 4) is 44.5 Å². The predicted molar refractivity (Wildman–Crippen MR) is 226 cm³/mol. The van der Waals surface area contributed by atoms with Crippen LogP contribution in [-0.4, -0.2) is 0 Å². The minimum Gasteiger partial charge on any atom is -0.135 e. The zero-order chi connectivity index (χ0) is 34.6. The molecule has 9 aromatic carbocycles. The van der Waals surface area contributed by atoms with Crippen molar-refractivity contribution < 1.29 is 0 Å². The molecule has 0 saturated heterocycles. The van der Waals surface area contributed by atoms with E-state index in [1.54, 1.807) is 0 Å². The summed E-state index contributed by atoms with van der Waals surface area (Å²) in [5.41, 5.74) is 13.2. The topological polar surface area (TPSA) is 0 Å². The fourth-order valence-electron chi connectivity index (χ4n) is 9.14. The number of thiophene rings is 1. The molecule has 244 valence electrons. The second kappa shape index (κ2) is 11.0. The van der Waals surface area contributed by atoms with Crippen LogP contribution in [0, 0.1) is 0 Å². The second-order valence-electron chi connectivity index (χ2n) is 14.8. The van der Waals surface area contributed by atoms with E-state index in [9.17, 15) is 0 Å². The van der Waals surface area contributed by atoms with Crippen LogP contribution in [0.1, 0.15) is 25.0 Å². The van der Waals surface area contributed by atoms with Crippen molar-refractivity contribution >= 4 is 63.8 Å². The first-order chi connectivity index (χ1) is 25.5. The Bertz CT molecular complexity index is 3010. The lowest BCUT2D eigenvalue weighted by atomic mass is 9.81. The number of hydrogen-bond acceptors (Lipinski definition) is 1. The summed E-state index contributed by atoms with van der Waals surface area (Å²) >= 11 is 1.93. The summed E-state index contributed by atoms with van der Waals surface area (Å²) in [5.74, 6) is 0. The van der Waals surface area contributed by atoms with E-state index in [1.165, 1.54) is 108 Å². The molecule has 1 aromatic heterocycles. The number of hydrogen-bond donors (Lipinski definition) is 0. The van der Waals surface area contributed by atoms with E-state index in [0.29, 0.717) is 0 Å². The van der Waals surface area contributed by atoms with E-state index in [0.717, 1.165) is 0 Å². The van der Waals surface area contributed by atoms with Crippen molar-refractivity contribution in [3.05, 3.63) is 181 Å². The van der Waals surface area contributed by atoms with E-state index < -0.39 is 0 Å². The third-order valence-corrected chi connectivity index (χ3v) is 12.8. The maximum absolute atomic E-state index is 2.50. The van der Waals surface area contributed by atoms with Crippen LogP contribution in [0.25, 0.3) is 97.0 Å². The summed E-state index contributed by atoms with van der Waals surface area (Å²) in [5, 5.41) is 10.5. The molecular weight excluding hydrogens is 645 g/mol. The molecule has 0 saturated carbocycles. The average Bonchev–Trinajstić information content (AvgIpc) is 3.66. The lowest BCUT2D eigenvalue weighted by Gasteiger charge is -2.21. The number of benzene rings is 9. The Hall–Kier alpha value is -6.02. The molecule has 11 rings (SSSR count). The highest BCUT2D eigenvalue weighted by Gasteiger charge is 2.37. The quantitative estimate of drug-likeness (QED) is 0.163. The van der Waals surface area contributed by atoms with Gasteiger partial charge in [-0.2, -0.15) is 0 Å². The zero-order valence-electron chi connectivity index (χ0n) is 29.1. The van der Waals surface area contributed by atoms with Gasteiger partial charge in [0.1, 0.15) is 0 Å². The smallest absolute Gasteiger partial charge is 0.0361 e. The van der Waals surface area contributed by atoms with Gasteiger partial charge in [-0.1, -0.05) is 166 Å². The van der Waals surface area contributed by atoms with Crippen molar-refractivity contribution in [2.75, 3.05) is 0 Å². The molecule has 0 bridgehead atoms. The SMILES string of the molecule is CC1(C)c2cc3c(cc2-c2c1ccc1ccccc21)sc1cc(-c2c4ccccc4c(-c4ccc(-c5ccccc5)cc4)c4ccccc24)ccc13.